The average molecular weight is 182 g/mol. The maximum absolute atomic E-state index is 11.4. The molecule has 2 nitrogen and oxygen atoms in total. The van der Waals surface area contributed by atoms with Crippen LogP contribution in [0.5, 0.6) is 0 Å². The molecule has 0 radical (unpaired) electrons. The molecule has 0 rings (SSSR count). The topological polar surface area (TPSA) is 15.6 Å². The summed E-state index contributed by atoms with van der Waals surface area (Å²) in [6, 6.07) is 0. The van der Waals surface area contributed by atoms with Gasteiger partial charge >= 0.3 is 6.18 Å². The van der Waals surface area contributed by atoms with Crippen LogP contribution in [0.1, 0.15) is 0 Å². The quantitative estimate of drug-likeness (QED) is 0.243. The van der Waals surface area contributed by atoms with Gasteiger partial charge in [0.15, 0.2) is 0 Å². The summed E-state index contributed by atoms with van der Waals surface area (Å²) in [4.78, 5) is 0. The first-order valence-corrected chi connectivity index (χ1v) is 2.11. The zero-order chi connectivity index (χ0) is 8.36. The fraction of sp³-hybridized carbons (Fsp3) is 0.500. The average Bonchev–Trinajstić information content (AvgIpc) is 1.60. The minimum absolute atomic E-state index is 1.07. The van der Waals surface area contributed by atoms with Crippen LogP contribution in [0.4, 0.5) is 22.1 Å². The molecule has 0 saturated carbocycles. The third-order valence-corrected chi connectivity index (χ3v) is 0.654. The molecule has 0 bridgehead atoms. The molecule has 0 aromatic heterocycles. The van der Waals surface area contributed by atoms with Gasteiger partial charge in [-0.1, -0.05) is 18.8 Å². The van der Waals surface area contributed by atoms with Gasteiger partial charge in [0.2, 0.25) is 0 Å². The highest BCUT2D eigenvalue weighted by Gasteiger charge is 2.41. The van der Waals surface area contributed by atoms with Gasteiger partial charge in [-0.25, -0.2) is 0 Å². The fourth-order valence-electron chi connectivity index (χ4n) is 0.172. The van der Waals surface area contributed by atoms with E-state index in [1.54, 1.807) is 0 Å². The zero-order valence-corrected chi connectivity index (χ0v) is 4.92. The Morgan fingerprint density at radius 3 is 1.80 bits per heavy atom. The highest BCUT2D eigenvalue weighted by molar-refractivity contribution is 6.21. The van der Waals surface area contributed by atoms with Crippen molar-refractivity contribution in [1.82, 2.24) is 4.64 Å². The summed E-state index contributed by atoms with van der Waals surface area (Å²) < 4.78 is 54.5. The molecular formula is C2ClF5N2. The summed E-state index contributed by atoms with van der Waals surface area (Å²) in [5.74, 6) is -2.44. The van der Waals surface area contributed by atoms with Gasteiger partial charge in [0.25, 0.3) is 5.84 Å². The highest BCUT2D eigenvalue weighted by Crippen LogP contribution is 2.21. The van der Waals surface area contributed by atoms with Crippen molar-refractivity contribution in [1.29, 1.82) is 0 Å². The Labute approximate surface area is 56.9 Å². The van der Waals surface area contributed by atoms with Crippen LogP contribution in [-0.4, -0.2) is 16.7 Å². The summed E-state index contributed by atoms with van der Waals surface area (Å²) in [6.45, 7) is 0. The molecule has 0 unspecified atom stereocenters. The zero-order valence-electron chi connectivity index (χ0n) is 4.16. The summed E-state index contributed by atoms with van der Waals surface area (Å²) in [5, 5.41) is 1.07. The van der Waals surface area contributed by atoms with E-state index >= 15 is 0 Å². The first kappa shape index (κ1) is 9.41. The van der Waals surface area contributed by atoms with Crippen molar-refractivity contribution in [3.63, 3.8) is 0 Å². The molecule has 0 spiro atoms. The molecular weight excluding hydrogens is 182 g/mol. The van der Waals surface area contributed by atoms with E-state index in [4.69, 9.17) is 0 Å². The van der Waals surface area contributed by atoms with Gasteiger partial charge in [0.1, 0.15) is 0 Å². The third-order valence-electron chi connectivity index (χ3n) is 0.494. The van der Waals surface area contributed by atoms with Gasteiger partial charge in [-0.3, -0.25) is 0 Å². The molecule has 0 heterocycles. The summed E-state index contributed by atoms with van der Waals surface area (Å²) in [7, 11) is 0. The second-order valence-electron chi connectivity index (χ2n) is 1.14. The van der Waals surface area contributed by atoms with Gasteiger partial charge in [-0.05, 0) is 0 Å². The molecule has 60 valence electrons. The van der Waals surface area contributed by atoms with Crippen LogP contribution in [-0.2, 0) is 0 Å². The molecule has 0 aliphatic rings. The van der Waals surface area contributed by atoms with E-state index in [2.05, 4.69) is 11.8 Å². The van der Waals surface area contributed by atoms with Crippen LogP contribution in [0.2, 0.25) is 0 Å². The smallest absolute Gasteiger partial charge is 0.163 e. The number of alkyl halides is 3. The lowest BCUT2D eigenvalue weighted by Gasteiger charge is -2.07. The molecule has 0 aliphatic carbocycles. The molecule has 0 amide bonds. The van der Waals surface area contributed by atoms with Crippen LogP contribution in [0.15, 0.2) is 5.21 Å². The number of rotatable bonds is 0. The largest absolute Gasteiger partial charge is 0.456 e. The molecule has 0 aromatic rings. The lowest BCUT2D eigenvalue weighted by atomic mass is 10.6. The Hall–Kier alpha value is -0.590. The van der Waals surface area contributed by atoms with Crippen molar-refractivity contribution in [2.24, 2.45) is 5.21 Å². The first-order chi connectivity index (χ1) is 4.39. The second kappa shape index (κ2) is 3.00. The molecule has 8 heteroatoms. The standard InChI is InChI=1S/C2ClF5N2/c3-10(8)1(9-7)2(4,5)6. The van der Waals surface area contributed by atoms with E-state index in [1.165, 1.54) is 0 Å². The molecule has 0 N–H and O–H groups in total. The van der Waals surface area contributed by atoms with Crippen LogP contribution in [0.3, 0.4) is 0 Å². The molecule has 0 saturated heterocycles. The van der Waals surface area contributed by atoms with Crippen LogP contribution in [0, 0.1) is 0 Å². The van der Waals surface area contributed by atoms with E-state index in [0.717, 1.165) is 5.21 Å². The van der Waals surface area contributed by atoms with Gasteiger partial charge in [0, 0.05) is 11.8 Å². The monoisotopic (exact) mass is 182 g/mol. The highest BCUT2D eigenvalue weighted by atomic mass is 35.5. The van der Waals surface area contributed by atoms with Crippen molar-refractivity contribution < 1.29 is 22.1 Å². The molecule has 0 fully saturated rings. The molecule has 0 aliphatic heterocycles. The number of hydrogen-bond acceptors (Lipinski definition) is 1. The maximum atomic E-state index is 11.4. The van der Waals surface area contributed by atoms with E-state index in [0.29, 0.717) is 0 Å². The van der Waals surface area contributed by atoms with E-state index in [1.807, 2.05) is 0 Å². The Morgan fingerprint density at radius 1 is 1.40 bits per heavy atom. The lowest BCUT2D eigenvalue weighted by Crippen LogP contribution is -2.30. The number of amidine groups is 1. The Balaban J connectivity index is 4.40. The SMILES string of the molecule is FN=C(N(F)Cl)C(F)(F)F. The Morgan fingerprint density at radius 2 is 1.80 bits per heavy atom. The Kier molecular flexibility index (Phi) is 2.82. The van der Waals surface area contributed by atoms with Gasteiger partial charge in [0.05, 0.1) is 0 Å². The van der Waals surface area contributed by atoms with Crippen LogP contribution >= 0.6 is 11.8 Å². The summed E-state index contributed by atoms with van der Waals surface area (Å²) >= 11 is 4.10. The molecule has 10 heavy (non-hydrogen) atoms. The molecule has 0 atom stereocenters. The van der Waals surface area contributed by atoms with Crippen molar-refractivity contribution in [2.75, 3.05) is 0 Å². The fourth-order valence-corrected chi connectivity index (χ4v) is 0.297. The predicted molar refractivity (Wildman–Crippen MR) is 23.4 cm³/mol. The van der Waals surface area contributed by atoms with Crippen molar-refractivity contribution in [2.45, 2.75) is 6.18 Å². The summed E-state index contributed by atoms with van der Waals surface area (Å²) in [6.07, 6.45) is -5.22. The third kappa shape index (κ3) is 2.34. The van der Waals surface area contributed by atoms with E-state index < -0.39 is 16.7 Å². The maximum Gasteiger partial charge on any atom is 0.456 e. The van der Waals surface area contributed by atoms with Crippen LogP contribution in [0.25, 0.3) is 0 Å². The van der Waals surface area contributed by atoms with Gasteiger partial charge < -0.3 is 0 Å². The first-order valence-electron chi connectivity index (χ1n) is 1.77. The molecule has 0 aromatic carbocycles. The number of hydrogen-bond donors (Lipinski definition) is 0. The van der Waals surface area contributed by atoms with Crippen molar-refractivity contribution >= 4 is 17.6 Å². The minimum atomic E-state index is -5.22. The van der Waals surface area contributed by atoms with Gasteiger partial charge in [-0.2, -0.15) is 13.2 Å². The minimum Gasteiger partial charge on any atom is -0.163 e. The van der Waals surface area contributed by atoms with Gasteiger partial charge in [-0.15, -0.1) is 0 Å². The lowest BCUT2D eigenvalue weighted by molar-refractivity contribution is -0.0740. The van der Waals surface area contributed by atoms with Crippen molar-refractivity contribution in [3.8, 4) is 0 Å². The predicted octanol–water partition coefficient (Wildman–Crippen LogP) is 2.17. The second-order valence-corrected chi connectivity index (χ2v) is 1.44. The van der Waals surface area contributed by atoms with Crippen molar-refractivity contribution in [3.05, 3.63) is 0 Å². The number of nitrogens with zero attached hydrogens (tertiary/aromatic N) is 2. The summed E-state index contributed by atoms with van der Waals surface area (Å²) in [5.41, 5.74) is 0. The van der Waals surface area contributed by atoms with E-state index in [9.17, 15) is 22.1 Å². The number of halogens is 6. The van der Waals surface area contributed by atoms with Crippen LogP contribution < -0.4 is 0 Å². The normalized spacial score (nSPS) is 13.6. The van der Waals surface area contributed by atoms with E-state index in [-0.39, 0.29) is 0 Å². The Bertz CT molecular complexity index is 139.